The first-order chi connectivity index (χ1) is 14.5. The summed E-state index contributed by atoms with van der Waals surface area (Å²) in [5, 5.41) is 0. The number of hydrogen-bond acceptors (Lipinski definition) is 7. The summed E-state index contributed by atoms with van der Waals surface area (Å²) in [5.74, 6) is -0.675. The minimum atomic E-state index is -0.756. The molecule has 0 unspecified atom stereocenters. The predicted molar refractivity (Wildman–Crippen MR) is 113 cm³/mol. The Morgan fingerprint density at radius 1 is 0.867 bits per heavy atom. The van der Waals surface area contributed by atoms with Gasteiger partial charge in [0.1, 0.15) is 27.6 Å². The number of esters is 2. The van der Waals surface area contributed by atoms with E-state index in [4.69, 9.17) is 9.47 Å². The number of ether oxygens (including phenoxy) is 2. The molecule has 0 aliphatic carbocycles. The zero-order chi connectivity index (χ0) is 21.7. The van der Waals surface area contributed by atoms with Crippen LogP contribution < -0.4 is 14.4 Å². The van der Waals surface area contributed by atoms with Crippen molar-refractivity contribution in [2.24, 2.45) is 0 Å². The molecule has 7 nitrogen and oxygen atoms in total. The Morgan fingerprint density at radius 3 is 2.23 bits per heavy atom. The summed E-state index contributed by atoms with van der Waals surface area (Å²) in [6, 6.07) is 12.8. The standard InChI is InChI=1S/C13H15NO3S.C9H6O3/c1-3-14(4-2)10-6-5-9-7-12(18-16)13(15)17-11(9)8-10;10-7-5-6-3-1-2-4-8(6)12-9(7)11/h5-6,8H,3-4,7H2,1-2H3;1-4H,5H2. The van der Waals surface area contributed by atoms with E-state index in [1.165, 1.54) is 0 Å². The number of anilines is 1. The first-order valence-corrected chi connectivity index (χ1v) is 10.3. The number of carbonyl (C=O) groups is 3. The largest absolute Gasteiger partial charge is 0.422 e. The molecule has 2 aromatic carbocycles. The molecule has 0 fully saturated rings. The first-order valence-electron chi connectivity index (χ1n) is 9.55. The molecule has 0 atom stereocenters. The van der Waals surface area contributed by atoms with E-state index in [-0.39, 0.29) is 22.5 Å². The van der Waals surface area contributed by atoms with Gasteiger partial charge in [-0.25, -0.2) is 13.8 Å². The van der Waals surface area contributed by atoms with E-state index in [1.54, 1.807) is 18.2 Å². The van der Waals surface area contributed by atoms with Crippen molar-refractivity contribution in [3.8, 4) is 11.5 Å². The fraction of sp³-hybridized carbons (Fsp3) is 0.273. The van der Waals surface area contributed by atoms with Gasteiger partial charge in [-0.3, -0.25) is 4.79 Å². The van der Waals surface area contributed by atoms with Crippen LogP contribution in [0.25, 0.3) is 0 Å². The van der Waals surface area contributed by atoms with Gasteiger partial charge in [0.25, 0.3) is 0 Å². The van der Waals surface area contributed by atoms with Crippen molar-refractivity contribution in [3.05, 3.63) is 53.6 Å². The second kappa shape index (κ2) is 9.49. The van der Waals surface area contributed by atoms with Gasteiger partial charge in [0.05, 0.1) is 0 Å². The second-order valence-electron chi connectivity index (χ2n) is 6.63. The molecular formula is C22H21NO6S. The molecule has 0 saturated carbocycles. The van der Waals surface area contributed by atoms with Crippen molar-refractivity contribution in [1.82, 2.24) is 0 Å². The van der Waals surface area contributed by atoms with Crippen LogP contribution in [0.3, 0.4) is 0 Å². The lowest BCUT2D eigenvalue weighted by atomic mass is 10.1. The Hall–Kier alpha value is -3.26. The number of carbonyl (C=O) groups excluding carboxylic acids is 3. The maximum absolute atomic E-state index is 11.5. The lowest BCUT2D eigenvalue weighted by Gasteiger charge is -2.23. The highest BCUT2D eigenvalue weighted by atomic mass is 32.1. The van der Waals surface area contributed by atoms with Crippen molar-refractivity contribution >= 4 is 39.5 Å². The van der Waals surface area contributed by atoms with Crippen molar-refractivity contribution in [2.45, 2.75) is 26.7 Å². The molecule has 4 rings (SSSR count). The van der Waals surface area contributed by atoms with E-state index >= 15 is 0 Å². The van der Waals surface area contributed by atoms with Gasteiger partial charge in [-0.2, -0.15) is 0 Å². The number of rotatable bonds is 3. The molecule has 8 heteroatoms. The summed E-state index contributed by atoms with van der Waals surface area (Å²) in [4.78, 5) is 35.6. The van der Waals surface area contributed by atoms with Gasteiger partial charge in [-0.05, 0) is 26.0 Å². The fourth-order valence-electron chi connectivity index (χ4n) is 3.19. The Morgan fingerprint density at radius 2 is 1.53 bits per heavy atom. The highest BCUT2D eigenvalue weighted by Crippen LogP contribution is 2.29. The molecule has 2 aliphatic heterocycles. The van der Waals surface area contributed by atoms with Crippen molar-refractivity contribution in [2.75, 3.05) is 18.0 Å². The SMILES string of the molecule is CCN(CC)c1ccc2c(c1)OC(=O)C(=S=O)C2.O=C1Cc2ccccc2OC1=O. The molecule has 0 saturated heterocycles. The van der Waals surface area contributed by atoms with Crippen LogP contribution in [0.4, 0.5) is 5.69 Å². The lowest BCUT2D eigenvalue weighted by Crippen LogP contribution is -2.28. The van der Waals surface area contributed by atoms with Gasteiger partial charge >= 0.3 is 11.9 Å². The molecule has 2 aliphatic rings. The van der Waals surface area contributed by atoms with Crippen molar-refractivity contribution < 1.29 is 28.1 Å². The quantitative estimate of drug-likeness (QED) is 0.321. The average Bonchev–Trinajstić information content (AvgIpc) is 2.75. The molecule has 0 radical (unpaired) electrons. The third kappa shape index (κ3) is 4.65. The molecular weight excluding hydrogens is 406 g/mol. The van der Waals surface area contributed by atoms with E-state index in [0.29, 0.717) is 17.9 Å². The number of benzene rings is 2. The van der Waals surface area contributed by atoms with Crippen LogP contribution in [0.5, 0.6) is 11.5 Å². The van der Waals surface area contributed by atoms with Gasteiger partial charge in [-0.1, -0.05) is 24.3 Å². The van der Waals surface area contributed by atoms with E-state index in [0.717, 1.165) is 29.9 Å². The topological polar surface area (TPSA) is 90.0 Å². The van der Waals surface area contributed by atoms with Crippen LogP contribution in [0.15, 0.2) is 42.5 Å². The molecule has 0 aromatic heterocycles. The number of Topliss-reactive ketones (excluding diaryl/α,β-unsaturated/α-hetero) is 1. The van der Waals surface area contributed by atoms with Crippen LogP contribution in [-0.4, -0.2) is 39.9 Å². The molecule has 0 bridgehead atoms. The van der Waals surface area contributed by atoms with Crippen LogP contribution in [-0.2, 0) is 38.5 Å². The number of fused-ring (bicyclic) bond motifs is 2. The zero-order valence-electron chi connectivity index (χ0n) is 16.7. The van der Waals surface area contributed by atoms with Crippen LogP contribution in [0.1, 0.15) is 25.0 Å². The summed E-state index contributed by atoms with van der Waals surface area (Å²) in [7, 11) is 0. The number of para-hydroxylation sites is 1. The van der Waals surface area contributed by atoms with Crippen LogP contribution in [0, 0.1) is 0 Å². The fourth-order valence-corrected chi connectivity index (χ4v) is 3.51. The second-order valence-corrected chi connectivity index (χ2v) is 7.29. The monoisotopic (exact) mass is 427 g/mol. The van der Waals surface area contributed by atoms with Gasteiger partial charge in [-0.15, -0.1) is 0 Å². The normalized spacial score (nSPS) is 14.5. The van der Waals surface area contributed by atoms with Gasteiger partial charge in [0, 0.05) is 48.8 Å². The zero-order valence-corrected chi connectivity index (χ0v) is 17.5. The predicted octanol–water partition coefficient (Wildman–Crippen LogP) is 2.10. The number of nitrogens with zero attached hydrogens (tertiary/aromatic N) is 1. The number of hydrogen-bond donors (Lipinski definition) is 0. The average molecular weight is 427 g/mol. The molecule has 30 heavy (non-hydrogen) atoms. The first kappa shape index (κ1) is 21.4. The third-order valence-electron chi connectivity index (χ3n) is 4.82. The van der Waals surface area contributed by atoms with E-state index < -0.39 is 17.7 Å². The van der Waals surface area contributed by atoms with E-state index in [2.05, 4.69) is 18.7 Å². The Labute approximate surface area is 177 Å². The highest BCUT2D eigenvalue weighted by Gasteiger charge is 2.25. The maximum Gasteiger partial charge on any atom is 0.380 e. The molecule has 0 N–H and O–H groups in total. The van der Waals surface area contributed by atoms with Gasteiger partial charge in [0.2, 0.25) is 5.78 Å². The van der Waals surface area contributed by atoms with Gasteiger partial charge in [0.15, 0.2) is 0 Å². The van der Waals surface area contributed by atoms with Crippen LogP contribution >= 0.6 is 0 Å². The Bertz CT molecular complexity index is 1020. The summed E-state index contributed by atoms with van der Waals surface area (Å²) in [5.41, 5.74) is 2.70. The molecule has 2 heterocycles. The maximum atomic E-state index is 11.5. The summed E-state index contributed by atoms with van der Waals surface area (Å²) < 4.78 is 20.7. The highest BCUT2D eigenvalue weighted by molar-refractivity contribution is 7.68. The molecule has 0 spiro atoms. The molecule has 2 aromatic rings. The summed E-state index contributed by atoms with van der Waals surface area (Å²) in [6.07, 6.45) is 0.538. The third-order valence-corrected chi connectivity index (χ3v) is 5.33. The number of ketones is 1. The molecule has 156 valence electrons. The summed E-state index contributed by atoms with van der Waals surface area (Å²) >= 11 is 0.219. The minimum absolute atomic E-state index is 0.162. The van der Waals surface area contributed by atoms with Gasteiger partial charge < -0.3 is 14.4 Å². The summed E-state index contributed by atoms with van der Waals surface area (Å²) in [6.45, 7) is 5.96. The van der Waals surface area contributed by atoms with E-state index in [9.17, 15) is 18.6 Å². The Kier molecular flexibility index (Phi) is 6.79. The van der Waals surface area contributed by atoms with Crippen molar-refractivity contribution in [1.29, 1.82) is 0 Å². The van der Waals surface area contributed by atoms with E-state index in [1.807, 2.05) is 24.3 Å². The lowest BCUT2D eigenvalue weighted by molar-refractivity contribution is -0.147. The minimum Gasteiger partial charge on any atom is -0.422 e. The Balaban J connectivity index is 0.000000184. The van der Waals surface area contributed by atoms with Crippen molar-refractivity contribution in [3.63, 3.8) is 0 Å². The van der Waals surface area contributed by atoms with Crippen LogP contribution in [0.2, 0.25) is 0 Å². The molecule has 0 amide bonds. The smallest absolute Gasteiger partial charge is 0.380 e.